The topological polar surface area (TPSA) is 28.2 Å². The van der Waals surface area contributed by atoms with Gasteiger partial charge in [0.1, 0.15) is 5.82 Å². The molecular weight excluding hydrogens is 266 g/mol. The summed E-state index contributed by atoms with van der Waals surface area (Å²) in [4.78, 5) is 7.31. The highest BCUT2D eigenvalue weighted by atomic mass is 32.2. The van der Waals surface area contributed by atoms with Crippen LogP contribution < -0.4 is 10.2 Å². The normalized spacial score (nSPS) is 19.4. The third kappa shape index (κ3) is 4.13. The largest absolute Gasteiger partial charge is 0.355 e. The summed E-state index contributed by atoms with van der Waals surface area (Å²) in [6.45, 7) is 10.8. The minimum Gasteiger partial charge on any atom is -0.355 e. The quantitative estimate of drug-likeness (QED) is 0.872. The molecular formula is C16H27N3S. The third-order valence-corrected chi connectivity index (χ3v) is 5.16. The van der Waals surface area contributed by atoms with Gasteiger partial charge in [-0.2, -0.15) is 11.8 Å². The van der Waals surface area contributed by atoms with Crippen LogP contribution >= 0.6 is 11.8 Å². The van der Waals surface area contributed by atoms with E-state index in [9.17, 15) is 0 Å². The smallest absolute Gasteiger partial charge is 0.129 e. The summed E-state index contributed by atoms with van der Waals surface area (Å²) in [7, 11) is 0. The molecule has 1 atom stereocenters. The van der Waals surface area contributed by atoms with E-state index in [1.165, 1.54) is 29.2 Å². The molecule has 2 rings (SSSR count). The standard InChI is InChI=1S/C16H27N3S/c1-4-14-9-13(11-17-6-3)10-16(18-14)19-7-8-20-15(5-2)12-19/h9-10,15,17H,4-8,11-12H2,1-3H3. The van der Waals surface area contributed by atoms with E-state index in [1.807, 2.05) is 0 Å². The molecule has 4 heteroatoms. The van der Waals surface area contributed by atoms with Gasteiger partial charge >= 0.3 is 0 Å². The molecule has 2 heterocycles. The molecule has 112 valence electrons. The Labute approximate surface area is 127 Å². The lowest BCUT2D eigenvalue weighted by Crippen LogP contribution is -2.38. The number of aryl methyl sites for hydroxylation is 1. The first kappa shape index (κ1) is 15.6. The van der Waals surface area contributed by atoms with Crippen LogP contribution in [0.2, 0.25) is 0 Å². The van der Waals surface area contributed by atoms with E-state index in [2.05, 4.69) is 54.9 Å². The van der Waals surface area contributed by atoms with Crippen molar-refractivity contribution in [1.29, 1.82) is 0 Å². The third-order valence-electron chi connectivity index (χ3n) is 3.78. The second kappa shape index (κ2) is 7.89. The summed E-state index contributed by atoms with van der Waals surface area (Å²) >= 11 is 2.11. The molecule has 1 aromatic rings. The number of aromatic nitrogens is 1. The number of rotatable bonds is 6. The number of hydrogen-bond acceptors (Lipinski definition) is 4. The average Bonchev–Trinajstić information content (AvgIpc) is 2.52. The maximum atomic E-state index is 4.84. The number of thioether (sulfide) groups is 1. The molecule has 1 saturated heterocycles. The van der Waals surface area contributed by atoms with Gasteiger partial charge in [0.25, 0.3) is 0 Å². The Morgan fingerprint density at radius 3 is 2.90 bits per heavy atom. The Morgan fingerprint density at radius 1 is 1.35 bits per heavy atom. The van der Waals surface area contributed by atoms with Crippen molar-refractivity contribution in [1.82, 2.24) is 10.3 Å². The van der Waals surface area contributed by atoms with Crippen molar-refractivity contribution in [3.63, 3.8) is 0 Å². The predicted octanol–water partition coefficient (Wildman–Crippen LogP) is 3.09. The molecule has 1 unspecified atom stereocenters. The van der Waals surface area contributed by atoms with Crippen molar-refractivity contribution in [2.45, 2.75) is 45.4 Å². The van der Waals surface area contributed by atoms with Gasteiger partial charge in [-0.25, -0.2) is 4.98 Å². The molecule has 1 aliphatic rings. The molecule has 1 aromatic heterocycles. The molecule has 0 aromatic carbocycles. The molecule has 0 radical (unpaired) electrons. The molecule has 1 N–H and O–H groups in total. The zero-order chi connectivity index (χ0) is 14.4. The fourth-order valence-electron chi connectivity index (χ4n) is 2.52. The van der Waals surface area contributed by atoms with Gasteiger partial charge in [-0.1, -0.05) is 20.8 Å². The van der Waals surface area contributed by atoms with Crippen molar-refractivity contribution < 1.29 is 0 Å². The van der Waals surface area contributed by atoms with E-state index in [-0.39, 0.29) is 0 Å². The van der Waals surface area contributed by atoms with E-state index < -0.39 is 0 Å². The monoisotopic (exact) mass is 293 g/mol. The Kier molecular flexibility index (Phi) is 6.17. The van der Waals surface area contributed by atoms with Crippen LogP contribution in [0.4, 0.5) is 5.82 Å². The maximum absolute atomic E-state index is 4.84. The van der Waals surface area contributed by atoms with Crippen LogP contribution in [-0.4, -0.2) is 35.6 Å². The predicted molar refractivity (Wildman–Crippen MR) is 89.7 cm³/mol. The summed E-state index contributed by atoms with van der Waals surface area (Å²) < 4.78 is 0. The molecule has 3 nitrogen and oxygen atoms in total. The molecule has 20 heavy (non-hydrogen) atoms. The summed E-state index contributed by atoms with van der Waals surface area (Å²) in [5.74, 6) is 2.40. The van der Waals surface area contributed by atoms with Gasteiger partial charge in [0.15, 0.2) is 0 Å². The van der Waals surface area contributed by atoms with Gasteiger partial charge in [0.05, 0.1) is 0 Å². The van der Waals surface area contributed by atoms with Gasteiger partial charge in [-0.3, -0.25) is 0 Å². The Balaban J connectivity index is 2.16. The van der Waals surface area contributed by atoms with E-state index in [0.29, 0.717) is 0 Å². The van der Waals surface area contributed by atoms with Crippen molar-refractivity contribution in [3.05, 3.63) is 23.4 Å². The van der Waals surface area contributed by atoms with Crippen LogP contribution in [0.3, 0.4) is 0 Å². The molecule has 0 bridgehead atoms. The summed E-state index contributed by atoms with van der Waals surface area (Å²) in [5.41, 5.74) is 2.57. The highest BCUT2D eigenvalue weighted by molar-refractivity contribution is 8.00. The summed E-state index contributed by atoms with van der Waals surface area (Å²) in [6, 6.07) is 4.51. The number of pyridine rings is 1. The average molecular weight is 293 g/mol. The van der Waals surface area contributed by atoms with Crippen LogP contribution in [0.1, 0.15) is 38.4 Å². The van der Waals surface area contributed by atoms with Gasteiger partial charge < -0.3 is 10.2 Å². The highest BCUT2D eigenvalue weighted by Crippen LogP contribution is 2.25. The van der Waals surface area contributed by atoms with E-state index in [0.717, 1.165) is 37.8 Å². The Morgan fingerprint density at radius 2 is 2.20 bits per heavy atom. The van der Waals surface area contributed by atoms with E-state index >= 15 is 0 Å². The first-order valence-corrected chi connectivity index (χ1v) is 8.88. The molecule has 0 amide bonds. The minimum atomic E-state index is 0.757. The second-order valence-corrected chi connectivity index (χ2v) is 6.71. The number of nitrogens with one attached hydrogen (secondary N) is 1. The van der Waals surface area contributed by atoms with E-state index in [1.54, 1.807) is 0 Å². The van der Waals surface area contributed by atoms with Crippen LogP contribution in [0.25, 0.3) is 0 Å². The Bertz CT molecular complexity index is 422. The molecule has 1 aliphatic heterocycles. The van der Waals surface area contributed by atoms with Crippen molar-refractivity contribution in [2.24, 2.45) is 0 Å². The maximum Gasteiger partial charge on any atom is 0.129 e. The number of anilines is 1. The summed E-state index contributed by atoms with van der Waals surface area (Å²) in [6.07, 6.45) is 2.26. The van der Waals surface area contributed by atoms with Crippen molar-refractivity contribution in [2.75, 3.05) is 30.3 Å². The second-order valence-electron chi connectivity index (χ2n) is 5.31. The van der Waals surface area contributed by atoms with Crippen LogP contribution in [0.5, 0.6) is 0 Å². The lowest BCUT2D eigenvalue weighted by molar-refractivity contribution is 0.707. The van der Waals surface area contributed by atoms with E-state index in [4.69, 9.17) is 4.98 Å². The van der Waals surface area contributed by atoms with Gasteiger partial charge in [-0.05, 0) is 37.1 Å². The SMILES string of the molecule is CCNCc1cc(CC)nc(N2CCSC(CC)C2)c1. The lowest BCUT2D eigenvalue weighted by atomic mass is 10.1. The summed E-state index contributed by atoms with van der Waals surface area (Å²) in [5, 5.41) is 4.17. The minimum absolute atomic E-state index is 0.757. The number of hydrogen-bond donors (Lipinski definition) is 1. The van der Waals surface area contributed by atoms with Gasteiger partial charge in [0, 0.05) is 36.3 Å². The zero-order valence-electron chi connectivity index (χ0n) is 13.0. The molecule has 0 spiro atoms. The van der Waals surface area contributed by atoms with Crippen molar-refractivity contribution >= 4 is 17.6 Å². The Hall–Kier alpha value is -0.740. The molecule has 0 aliphatic carbocycles. The first-order chi connectivity index (χ1) is 9.76. The molecule has 0 saturated carbocycles. The van der Waals surface area contributed by atoms with Crippen LogP contribution in [-0.2, 0) is 13.0 Å². The number of nitrogens with zero attached hydrogens (tertiary/aromatic N) is 2. The fraction of sp³-hybridized carbons (Fsp3) is 0.688. The highest BCUT2D eigenvalue weighted by Gasteiger charge is 2.20. The zero-order valence-corrected chi connectivity index (χ0v) is 13.8. The fourth-order valence-corrected chi connectivity index (χ4v) is 3.70. The lowest BCUT2D eigenvalue weighted by Gasteiger charge is -2.33. The molecule has 1 fully saturated rings. The van der Waals surface area contributed by atoms with Gasteiger partial charge in [0.2, 0.25) is 0 Å². The van der Waals surface area contributed by atoms with Gasteiger partial charge in [-0.15, -0.1) is 0 Å². The first-order valence-electron chi connectivity index (χ1n) is 7.83. The van der Waals surface area contributed by atoms with Crippen molar-refractivity contribution in [3.8, 4) is 0 Å². The van der Waals surface area contributed by atoms with Crippen LogP contribution in [0.15, 0.2) is 12.1 Å². The van der Waals surface area contributed by atoms with Crippen LogP contribution in [0, 0.1) is 0 Å².